The Morgan fingerprint density at radius 2 is 1.92 bits per heavy atom. The summed E-state index contributed by atoms with van der Waals surface area (Å²) in [4.78, 5) is 5.21. The standard InChI is InChI=1S/C18H15ClFN3S/c1-2-21-18-23(22-11-14-5-3-4-6-16(14)20)17(12-24-18)13-7-9-15(19)10-8-13/h3-12H,2H2,1H3. The number of nitrogens with zero attached hydrogens (tertiary/aromatic N) is 3. The van der Waals surface area contributed by atoms with E-state index in [0.717, 1.165) is 16.1 Å². The van der Waals surface area contributed by atoms with E-state index in [0.29, 0.717) is 17.1 Å². The van der Waals surface area contributed by atoms with Gasteiger partial charge in [0.15, 0.2) is 0 Å². The van der Waals surface area contributed by atoms with Crippen LogP contribution in [-0.4, -0.2) is 17.4 Å². The highest BCUT2D eigenvalue weighted by Gasteiger charge is 2.07. The van der Waals surface area contributed by atoms with Crippen molar-refractivity contribution in [2.24, 2.45) is 10.1 Å². The number of halogens is 2. The second kappa shape index (κ2) is 7.55. The Labute approximate surface area is 148 Å². The second-order valence-electron chi connectivity index (χ2n) is 4.96. The van der Waals surface area contributed by atoms with Crippen molar-refractivity contribution in [3.05, 3.63) is 75.1 Å². The van der Waals surface area contributed by atoms with Gasteiger partial charge in [0.1, 0.15) is 5.82 Å². The van der Waals surface area contributed by atoms with E-state index in [4.69, 9.17) is 11.6 Å². The van der Waals surface area contributed by atoms with E-state index in [1.165, 1.54) is 23.6 Å². The highest BCUT2D eigenvalue weighted by molar-refractivity contribution is 7.07. The molecule has 0 saturated carbocycles. The molecule has 0 atom stereocenters. The van der Waals surface area contributed by atoms with Crippen LogP contribution in [0.1, 0.15) is 12.5 Å². The molecule has 0 aliphatic heterocycles. The van der Waals surface area contributed by atoms with Crippen LogP contribution in [0.15, 0.2) is 64.0 Å². The molecule has 0 spiro atoms. The van der Waals surface area contributed by atoms with Crippen LogP contribution in [0.2, 0.25) is 5.02 Å². The highest BCUT2D eigenvalue weighted by atomic mass is 35.5. The lowest BCUT2D eigenvalue weighted by Crippen LogP contribution is -2.12. The summed E-state index contributed by atoms with van der Waals surface area (Å²) in [6.45, 7) is 2.61. The van der Waals surface area contributed by atoms with Gasteiger partial charge in [-0.2, -0.15) is 5.10 Å². The molecule has 1 aromatic heterocycles. The lowest BCUT2D eigenvalue weighted by Gasteiger charge is -2.04. The minimum Gasteiger partial charge on any atom is -0.258 e. The van der Waals surface area contributed by atoms with Gasteiger partial charge in [-0.1, -0.05) is 41.9 Å². The fourth-order valence-electron chi connectivity index (χ4n) is 2.17. The van der Waals surface area contributed by atoms with Gasteiger partial charge in [-0.25, -0.2) is 9.07 Å². The molecule has 0 aliphatic rings. The number of hydrogen-bond donors (Lipinski definition) is 0. The van der Waals surface area contributed by atoms with Gasteiger partial charge in [-0.15, -0.1) is 11.3 Å². The molecule has 6 heteroatoms. The van der Waals surface area contributed by atoms with E-state index < -0.39 is 0 Å². The molecule has 0 bridgehead atoms. The molecule has 2 aromatic carbocycles. The van der Waals surface area contributed by atoms with Crippen molar-refractivity contribution in [2.45, 2.75) is 6.92 Å². The van der Waals surface area contributed by atoms with Crippen LogP contribution in [-0.2, 0) is 0 Å². The summed E-state index contributed by atoms with van der Waals surface area (Å²) >= 11 is 7.45. The normalized spacial score (nSPS) is 12.2. The topological polar surface area (TPSA) is 29.6 Å². The second-order valence-corrected chi connectivity index (χ2v) is 6.24. The van der Waals surface area contributed by atoms with Crippen LogP contribution in [0.5, 0.6) is 0 Å². The van der Waals surface area contributed by atoms with Crippen molar-refractivity contribution in [3.63, 3.8) is 0 Å². The minimum atomic E-state index is -0.306. The zero-order chi connectivity index (χ0) is 16.9. The lowest BCUT2D eigenvalue weighted by atomic mass is 10.2. The van der Waals surface area contributed by atoms with Gasteiger partial charge in [-0.3, -0.25) is 4.99 Å². The average Bonchev–Trinajstić information content (AvgIpc) is 2.98. The van der Waals surface area contributed by atoms with Gasteiger partial charge in [0.2, 0.25) is 4.80 Å². The molecule has 3 rings (SSSR count). The molecule has 122 valence electrons. The molecule has 24 heavy (non-hydrogen) atoms. The fourth-order valence-corrected chi connectivity index (χ4v) is 3.20. The smallest absolute Gasteiger partial charge is 0.206 e. The van der Waals surface area contributed by atoms with Gasteiger partial charge in [-0.05, 0) is 25.1 Å². The van der Waals surface area contributed by atoms with Crippen LogP contribution >= 0.6 is 22.9 Å². The lowest BCUT2D eigenvalue weighted by molar-refractivity contribution is 0.625. The molecule has 3 aromatic rings. The molecular weight excluding hydrogens is 345 g/mol. The van der Waals surface area contributed by atoms with Crippen molar-refractivity contribution < 1.29 is 4.39 Å². The van der Waals surface area contributed by atoms with E-state index in [-0.39, 0.29) is 5.82 Å². The molecule has 0 aliphatic carbocycles. The molecular formula is C18H15ClFN3S. The highest BCUT2D eigenvalue weighted by Crippen LogP contribution is 2.22. The Hall–Kier alpha value is -2.24. The molecule has 0 saturated heterocycles. The third-order valence-electron chi connectivity index (χ3n) is 3.34. The molecule has 0 radical (unpaired) electrons. The van der Waals surface area contributed by atoms with Crippen LogP contribution in [0.25, 0.3) is 11.3 Å². The zero-order valence-corrected chi connectivity index (χ0v) is 14.6. The van der Waals surface area contributed by atoms with E-state index in [9.17, 15) is 4.39 Å². The summed E-state index contributed by atoms with van der Waals surface area (Å²) in [5.74, 6) is -0.306. The third-order valence-corrected chi connectivity index (χ3v) is 4.44. The maximum atomic E-state index is 13.8. The number of hydrogen-bond acceptors (Lipinski definition) is 3. The maximum Gasteiger partial charge on any atom is 0.206 e. The van der Waals surface area contributed by atoms with Gasteiger partial charge in [0, 0.05) is 28.1 Å². The van der Waals surface area contributed by atoms with Crippen LogP contribution in [0.4, 0.5) is 4.39 Å². The summed E-state index contributed by atoms with van der Waals surface area (Å²) in [6, 6.07) is 14.0. The maximum absolute atomic E-state index is 13.8. The van der Waals surface area contributed by atoms with E-state index in [2.05, 4.69) is 10.1 Å². The summed E-state index contributed by atoms with van der Waals surface area (Å²) in [5, 5.41) is 7.11. The Bertz CT molecular complexity index is 926. The minimum absolute atomic E-state index is 0.306. The summed E-state index contributed by atoms with van der Waals surface area (Å²) in [6.07, 6.45) is 1.51. The van der Waals surface area contributed by atoms with Crippen LogP contribution in [0.3, 0.4) is 0 Å². The zero-order valence-electron chi connectivity index (χ0n) is 13.0. The van der Waals surface area contributed by atoms with Crippen molar-refractivity contribution >= 4 is 29.2 Å². The van der Waals surface area contributed by atoms with E-state index >= 15 is 0 Å². The Kier molecular flexibility index (Phi) is 5.23. The molecule has 3 nitrogen and oxygen atoms in total. The van der Waals surface area contributed by atoms with Crippen molar-refractivity contribution in [1.82, 2.24) is 4.68 Å². The Morgan fingerprint density at radius 1 is 1.17 bits per heavy atom. The van der Waals surface area contributed by atoms with E-state index in [1.54, 1.807) is 22.9 Å². The number of benzene rings is 2. The van der Waals surface area contributed by atoms with Crippen molar-refractivity contribution in [3.8, 4) is 11.3 Å². The predicted molar refractivity (Wildman–Crippen MR) is 98.3 cm³/mol. The third kappa shape index (κ3) is 3.63. The first-order valence-corrected chi connectivity index (χ1v) is 8.70. The summed E-state index contributed by atoms with van der Waals surface area (Å²) < 4.78 is 15.5. The predicted octanol–water partition coefficient (Wildman–Crippen LogP) is 4.81. The van der Waals surface area contributed by atoms with Gasteiger partial charge >= 0.3 is 0 Å². The monoisotopic (exact) mass is 359 g/mol. The molecule has 0 unspecified atom stereocenters. The molecule has 1 heterocycles. The summed E-state index contributed by atoms with van der Waals surface area (Å²) in [7, 11) is 0. The Morgan fingerprint density at radius 3 is 2.62 bits per heavy atom. The van der Waals surface area contributed by atoms with Crippen molar-refractivity contribution in [1.29, 1.82) is 0 Å². The average molecular weight is 360 g/mol. The van der Waals surface area contributed by atoms with Gasteiger partial charge in [0.25, 0.3) is 0 Å². The van der Waals surface area contributed by atoms with Crippen LogP contribution in [0, 0.1) is 5.82 Å². The Balaban J connectivity index is 2.08. The number of thiazole rings is 1. The quantitative estimate of drug-likeness (QED) is 0.598. The van der Waals surface area contributed by atoms with Crippen LogP contribution < -0.4 is 4.80 Å². The molecule has 0 amide bonds. The molecule has 0 fully saturated rings. The number of rotatable bonds is 4. The first-order valence-electron chi connectivity index (χ1n) is 7.45. The summed E-state index contributed by atoms with van der Waals surface area (Å²) in [5.41, 5.74) is 2.29. The SMILES string of the molecule is CCN=c1scc(-c2ccc(Cl)cc2)n1N=Cc1ccccc1F. The van der Waals surface area contributed by atoms with Crippen molar-refractivity contribution in [2.75, 3.05) is 6.54 Å². The van der Waals surface area contributed by atoms with Gasteiger partial charge < -0.3 is 0 Å². The first kappa shape index (κ1) is 16.6. The van der Waals surface area contributed by atoms with E-state index in [1.807, 2.05) is 36.6 Å². The molecule has 0 N–H and O–H groups in total. The number of aromatic nitrogens is 1. The largest absolute Gasteiger partial charge is 0.258 e. The first-order chi connectivity index (χ1) is 11.7. The van der Waals surface area contributed by atoms with Gasteiger partial charge in [0.05, 0.1) is 11.9 Å². The fraction of sp³-hybridized carbons (Fsp3) is 0.111.